The van der Waals surface area contributed by atoms with Crippen molar-refractivity contribution in [3.05, 3.63) is 27.8 Å². The summed E-state index contributed by atoms with van der Waals surface area (Å²) < 4.78 is 5.28. The van der Waals surface area contributed by atoms with Gasteiger partial charge in [-0.3, -0.25) is 15.0 Å². The Hall–Kier alpha value is -1.90. The highest BCUT2D eigenvalue weighted by Gasteiger charge is 2.30. The summed E-state index contributed by atoms with van der Waals surface area (Å²) in [6, 6.07) is 4.13. The maximum absolute atomic E-state index is 11.3. The zero-order chi connectivity index (χ0) is 21.1. The van der Waals surface area contributed by atoms with E-state index in [1.165, 1.54) is 59.3 Å². The Morgan fingerprint density at radius 2 is 1.87 bits per heavy atom. The first kappa shape index (κ1) is 21.3. The Labute approximate surface area is 179 Å². The lowest BCUT2D eigenvalue weighted by molar-refractivity contribution is -0.385. The molecule has 30 heavy (non-hydrogen) atoms. The molecule has 0 saturated carbocycles. The number of piperazine rings is 1. The molecule has 3 aliphatic rings. The lowest BCUT2D eigenvalue weighted by Gasteiger charge is -2.43. The maximum atomic E-state index is 11.3. The van der Waals surface area contributed by atoms with E-state index in [1.54, 1.807) is 6.07 Å². The van der Waals surface area contributed by atoms with Crippen LogP contribution in [-0.4, -0.2) is 86.8 Å². The Kier molecular flexibility index (Phi) is 6.75. The average Bonchev–Trinajstić information content (AvgIpc) is 3.27. The van der Waals surface area contributed by atoms with E-state index in [1.807, 2.05) is 13.0 Å². The molecule has 3 fully saturated rings. The third-order valence-corrected chi connectivity index (χ3v) is 7.10. The van der Waals surface area contributed by atoms with Gasteiger partial charge in [0, 0.05) is 69.7 Å². The molecule has 0 aromatic heterocycles. The zero-order valence-corrected chi connectivity index (χ0v) is 18.3. The van der Waals surface area contributed by atoms with Crippen LogP contribution >= 0.6 is 0 Å². The van der Waals surface area contributed by atoms with Crippen LogP contribution in [0.4, 0.5) is 11.4 Å². The summed E-state index contributed by atoms with van der Waals surface area (Å²) >= 11 is 0. The number of anilines is 1. The van der Waals surface area contributed by atoms with Crippen molar-refractivity contribution in [1.82, 2.24) is 15.1 Å². The number of rotatable bonds is 6. The number of nitro benzene ring substituents is 1. The van der Waals surface area contributed by atoms with Crippen LogP contribution in [0.5, 0.6) is 5.75 Å². The molecule has 3 aliphatic heterocycles. The molecule has 0 amide bonds. The Balaban J connectivity index is 1.29. The van der Waals surface area contributed by atoms with Gasteiger partial charge in [-0.15, -0.1) is 0 Å². The molecule has 3 saturated heterocycles. The summed E-state index contributed by atoms with van der Waals surface area (Å²) in [7, 11) is 1.50. The van der Waals surface area contributed by atoms with Gasteiger partial charge in [-0.25, -0.2) is 0 Å². The van der Waals surface area contributed by atoms with Crippen LogP contribution in [0, 0.1) is 23.0 Å². The maximum Gasteiger partial charge on any atom is 0.311 e. The molecular weight excluding hydrogens is 382 g/mol. The van der Waals surface area contributed by atoms with E-state index < -0.39 is 0 Å². The van der Waals surface area contributed by atoms with E-state index in [0.29, 0.717) is 11.8 Å². The molecule has 0 aliphatic carbocycles. The molecule has 0 spiro atoms. The van der Waals surface area contributed by atoms with Gasteiger partial charge in [-0.1, -0.05) is 0 Å². The number of nitrogens with one attached hydrogen (secondary N) is 1. The molecule has 8 heteroatoms. The number of nitro groups is 1. The summed E-state index contributed by atoms with van der Waals surface area (Å²) in [5, 5.41) is 14.7. The minimum atomic E-state index is -0.370. The quantitative estimate of drug-likeness (QED) is 0.561. The molecule has 1 aromatic carbocycles. The smallest absolute Gasteiger partial charge is 0.311 e. The van der Waals surface area contributed by atoms with Gasteiger partial charge in [0.15, 0.2) is 5.75 Å². The largest absolute Gasteiger partial charge is 0.490 e. The van der Waals surface area contributed by atoms with Crippen molar-refractivity contribution in [3.8, 4) is 5.75 Å². The molecule has 0 bridgehead atoms. The van der Waals surface area contributed by atoms with Gasteiger partial charge in [-0.05, 0) is 50.8 Å². The number of piperidine rings is 1. The van der Waals surface area contributed by atoms with Gasteiger partial charge in [0.1, 0.15) is 0 Å². The lowest BCUT2D eigenvalue weighted by atomic mass is 10.00. The molecule has 8 nitrogen and oxygen atoms in total. The van der Waals surface area contributed by atoms with Gasteiger partial charge in [0.25, 0.3) is 0 Å². The van der Waals surface area contributed by atoms with Crippen molar-refractivity contribution in [1.29, 1.82) is 0 Å². The van der Waals surface area contributed by atoms with Gasteiger partial charge in [0.05, 0.1) is 12.0 Å². The highest BCUT2D eigenvalue weighted by molar-refractivity contribution is 5.64. The topological polar surface area (TPSA) is 74.1 Å². The SMILES string of the molecule is COc1cc(N2CCC(N3CCN(CC4CCNC4)CC3)CC2)c(C)cc1[N+](=O)[O-]. The molecule has 1 atom stereocenters. The molecule has 4 rings (SSSR count). The zero-order valence-electron chi connectivity index (χ0n) is 18.3. The summed E-state index contributed by atoms with van der Waals surface area (Å²) in [5.74, 6) is 1.18. The summed E-state index contributed by atoms with van der Waals surface area (Å²) in [4.78, 5) is 18.6. The first-order valence-corrected chi connectivity index (χ1v) is 11.3. The molecule has 1 unspecified atom stereocenters. The van der Waals surface area contributed by atoms with Gasteiger partial charge in [0.2, 0.25) is 0 Å². The van der Waals surface area contributed by atoms with E-state index in [9.17, 15) is 10.1 Å². The van der Waals surface area contributed by atoms with Crippen LogP contribution in [0.1, 0.15) is 24.8 Å². The fraction of sp³-hybridized carbons (Fsp3) is 0.727. The van der Waals surface area contributed by atoms with E-state index in [0.717, 1.165) is 43.1 Å². The molecule has 1 aromatic rings. The van der Waals surface area contributed by atoms with Crippen molar-refractivity contribution in [2.45, 2.75) is 32.2 Å². The van der Waals surface area contributed by atoms with Crippen LogP contribution in [0.3, 0.4) is 0 Å². The summed E-state index contributed by atoms with van der Waals surface area (Å²) in [5.41, 5.74) is 2.04. The van der Waals surface area contributed by atoms with Crippen LogP contribution < -0.4 is 15.0 Å². The number of hydrogen-bond acceptors (Lipinski definition) is 7. The number of aryl methyl sites for hydroxylation is 1. The van der Waals surface area contributed by atoms with Crippen molar-refractivity contribution < 1.29 is 9.66 Å². The minimum Gasteiger partial charge on any atom is -0.490 e. The van der Waals surface area contributed by atoms with E-state index in [-0.39, 0.29) is 10.6 Å². The molecule has 1 N–H and O–H groups in total. The van der Waals surface area contributed by atoms with Gasteiger partial charge < -0.3 is 19.9 Å². The predicted octanol–water partition coefficient (Wildman–Crippen LogP) is 2.11. The fourth-order valence-electron chi connectivity index (χ4n) is 5.33. The standard InChI is InChI=1S/C22H35N5O3/c1-17-13-21(27(28)29)22(30-2)14-20(17)26-7-4-19(5-8-26)25-11-9-24(10-12-25)16-18-3-6-23-15-18/h13-14,18-19,23H,3-12,15-16H2,1-2H3. The van der Waals surface area contributed by atoms with E-state index in [2.05, 4.69) is 20.0 Å². The Bertz CT molecular complexity index is 737. The molecule has 0 radical (unpaired) electrons. The molecule has 166 valence electrons. The summed E-state index contributed by atoms with van der Waals surface area (Å²) in [6.45, 7) is 12.3. The Morgan fingerprint density at radius 3 is 2.47 bits per heavy atom. The van der Waals surface area contributed by atoms with Crippen LogP contribution in [0.25, 0.3) is 0 Å². The minimum absolute atomic E-state index is 0.0416. The van der Waals surface area contributed by atoms with Gasteiger partial charge >= 0.3 is 5.69 Å². The van der Waals surface area contributed by atoms with Crippen LogP contribution in [-0.2, 0) is 0 Å². The van der Waals surface area contributed by atoms with Crippen molar-refractivity contribution in [3.63, 3.8) is 0 Å². The second kappa shape index (κ2) is 9.49. The number of benzene rings is 1. The highest BCUT2D eigenvalue weighted by Crippen LogP contribution is 2.36. The summed E-state index contributed by atoms with van der Waals surface area (Å²) in [6.07, 6.45) is 3.61. The second-order valence-corrected chi connectivity index (χ2v) is 8.98. The monoisotopic (exact) mass is 417 g/mol. The van der Waals surface area contributed by atoms with Crippen molar-refractivity contribution >= 4 is 11.4 Å². The Morgan fingerprint density at radius 1 is 1.13 bits per heavy atom. The number of hydrogen-bond donors (Lipinski definition) is 1. The third-order valence-electron chi connectivity index (χ3n) is 7.10. The number of methoxy groups -OCH3 is 1. The fourth-order valence-corrected chi connectivity index (χ4v) is 5.33. The second-order valence-electron chi connectivity index (χ2n) is 8.98. The number of ether oxygens (including phenoxy) is 1. The van der Waals surface area contributed by atoms with Crippen molar-refractivity contribution in [2.24, 2.45) is 5.92 Å². The van der Waals surface area contributed by atoms with E-state index in [4.69, 9.17) is 4.74 Å². The normalized spacial score (nSPS) is 24.3. The molecular formula is C22H35N5O3. The van der Waals surface area contributed by atoms with Crippen molar-refractivity contribution in [2.75, 3.05) is 70.9 Å². The third kappa shape index (κ3) is 4.71. The first-order chi connectivity index (χ1) is 14.5. The van der Waals surface area contributed by atoms with Crippen LogP contribution in [0.2, 0.25) is 0 Å². The predicted molar refractivity (Wildman–Crippen MR) is 119 cm³/mol. The van der Waals surface area contributed by atoms with Crippen LogP contribution in [0.15, 0.2) is 12.1 Å². The lowest BCUT2D eigenvalue weighted by Crippen LogP contribution is -2.54. The van der Waals surface area contributed by atoms with Gasteiger partial charge in [-0.2, -0.15) is 0 Å². The van der Waals surface area contributed by atoms with E-state index >= 15 is 0 Å². The highest BCUT2D eigenvalue weighted by atomic mass is 16.6. The number of nitrogens with zero attached hydrogens (tertiary/aromatic N) is 4. The molecule has 3 heterocycles. The first-order valence-electron chi connectivity index (χ1n) is 11.3. The average molecular weight is 418 g/mol.